The number of aliphatic hydroxyl groups is 3. The lowest BCUT2D eigenvalue weighted by Gasteiger charge is -2.51. The number of methoxy groups -OCH3 is 1. The minimum atomic E-state index is -2.27. The molecule has 3 saturated heterocycles. The van der Waals surface area contributed by atoms with Crippen LogP contribution < -0.4 is 0 Å². The summed E-state index contributed by atoms with van der Waals surface area (Å²) in [6.45, 7) is 17.0. The van der Waals surface area contributed by atoms with E-state index in [0.29, 0.717) is 44.9 Å². The van der Waals surface area contributed by atoms with Crippen LogP contribution in [0.15, 0.2) is 72.9 Å². The Bertz CT molecular complexity index is 1460. The molecule has 6 bridgehead atoms. The molecule has 2 unspecified atom stereocenters. The summed E-state index contributed by atoms with van der Waals surface area (Å²) >= 11 is 0. The zero-order chi connectivity index (χ0) is 39.6. The molecule has 12 nitrogen and oxygen atoms in total. The largest absolute Gasteiger partial charge is 0.466 e. The van der Waals surface area contributed by atoms with Gasteiger partial charge in [0.05, 0.1) is 56.3 Å². The summed E-state index contributed by atoms with van der Waals surface area (Å²) in [5.74, 6) is -4.35. The van der Waals surface area contributed by atoms with E-state index in [2.05, 4.69) is 19.7 Å². The highest BCUT2D eigenvalue weighted by molar-refractivity contribution is 5.83. The average molecular weight is 757 g/mol. The molecule has 0 aliphatic carbocycles. The maximum absolute atomic E-state index is 13.3. The number of ether oxygens (including phenoxy) is 6. The summed E-state index contributed by atoms with van der Waals surface area (Å²) in [5, 5.41) is 34.4. The maximum atomic E-state index is 13.3. The summed E-state index contributed by atoms with van der Waals surface area (Å²) in [7, 11) is 1.21. The van der Waals surface area contributed by atoms with E-state index in [1.54, 1.807) is 32.1 Å². The van der Waals surface area contributed by atoms with Crippen molar-refractivity contribution in [3.63, 3.8) is 0 Å². The van der Waals surface area contributed by atoms with Crippen molar-refractivity contribution in [3.05, 3.63) is 72.9 Å². The zero-order valence-corrected chi connectivity index (χ0v) is 32.3. The number of unbranched alkanes of at least 4 members (excludes halogenated alkanes) is 1. The van der Waals surface area contributed by atoms with E-state index >= 15 is 0 Å². The molecule has 54 heavy (non-hydrogen) atoms. The molecule has 0 amide bonds. The molecule has 300 valence electrons. The lowest BCUT2D eigenvalue weighted by Crippen LogP contribution is -2.62. The Labute approximate surface area is 319 Å². The molecule has 4 aliphatic rings. The third-order valence-corrected chi connectivity index (χ3v) is 10.5. The van der Waals surface area contributed by atoms with Crippen LogP contribution in [0, 0.1) is 5.41 Å². The van der Waals surface area contributed by atoms with Crippen LogP contribution in [0.5, 0.6) is 0 Å². The Balaban J connectivity index is 1.75. The van der Waals surface area contributed by atoms with Crippen molar-refractivity contribution in [2.24, 2.45) is 5.41 Å². The molecule has 0 aromatic carbocycles. The van der Waals surface area contributed by atoms with Gasteiger partial charge in [0.15, 0.2) is 6.10 Å². The molecular weight excluding hydrogens is 696 g/mol. The van der Waals surface area contributed by atoms with E-state index in [9.17, 15) is 29.7 Å². The standard InChI is InChI=1S/C42H60O12/c1-8-9-10-11-12-13-37(45)53-40-29(21-38(46)49-7)20-35-25-36(28(4)43)52-39(47)23-30(44)22-32-17-27(3)19-34(51-32)24-33-18-26(2)16-31(50-33)14-15-41(5,6)42(40,48)54-35/h8-10,14-15,21,28,30-36,40,43-44,48H,1-3,11-13,16-20,22-25H2,4-7H3/b10-9+,15-14+,29-21+/t28-,30+,31+,32+,33+,34?,35+,36?,40+,42-/m1/s1. The van der Waals surface area contributed by atoms with E-state index < -0.39 is 65.7 Å². The number of carbonyl (C=O) groups excluding carboxylic acids is 3. The van der Waals surface area contributed by atoms with E-state index in [1.807, 2.05) is 12.2 Å². The third-order valence-electron chi connectivity index (χ3n) is 10.5. The van der Waals surface area contributed by atoms with Gasteiger partial charge in [0.1, 0.15) is 6.10 Å². The van der Waals surface area contributed by atoms with Crippen LogP contribution in [-0.4, -0.2) is 101 Å². The monoisotopic (exact) mass is 756 g/mol. The Morgan fingerprint density at radius 1 is 1.00 bits per heavy atom. The molecule has 0 radical (unpaired) electrons. The molecule has 3 N–H and O–H groups in total. The van der Waals surface area contributed by atoms with Gasteiger partial charge < -0.3 is 43.7 Å². The number of hydrogen-bond donors (Lipinski definition) is 3. The smallest absolute Gasteiger partial charge is 0.330 e. The van der Waals surface area contributed by atoms with Crippen LogP contribution in [-0.2, 0) is 42.8 Å². The van der Waals surface area contributed by atoms with Gasteiger partial charge in [0, 0.05) is 37.2 Å². The van der Waals surface area contributed by atoms with Crippen LogP contribution in [0.3, 0.4) is 0 Å². The van der Waals surface area contributed by atoms with Crippen molar-refractivity contribution >= 4 is 17.9 Å². The summed E-state index contributed by atoms with van der Waals surface area (Å²) in [6.07, 6.45) is 6.95. The second-order valence-corrected chi connectivity index (χ2v) is 15.7. The summed E-state index contributed by atoms with van der Waals surface area (Å²) < 4.78 is 36.1. The van der Waals surface area contributed by atoms with Gasteiger partial charge in [0.2, 0.25) is 5.79 Å². The number of rotatable bonds is 8. The molecule has 0 aromatic rings. The third kappa shape index (κ3) is 12.1. The van der Waals surface area contributed by atoms with Crippen molar-refractivity contribution in [1.82, 2.24) is 0 Å². The number of carbonyl (C=O) groups is 3. The van der Waals surface area contributed by atoms with Crippen molar-refractivity contribution < 1.29 is 58.1 Å². The zero-order valence-electron chi connectivity index (χ0n) is 32.3. The predicted octanol–water partition coefficient (Wildman–Crippen LogP) is 5.41. The fourth-order valence-corrected chi connectivity index (χ4v) is 7.67. The minimum Gasteiger partial charge on any atom is -0.466 e. The SMILES string of the molecule is C=C/C=C/CCCC(=O)O[C@H]1/C(=C/C(=O)OC)C[C@H]2CC([C@@H](C)O)OC(=O)C[C@@H](O)C[C@@H]3CC(=C)CC(C[C@@H]4CC(=C)C[C@H](/C=C/C(C)(C)[C@]1(O)O2)O4)O3. The average Bonchev–Trinajstić information content (AvgIpc) is 3.07. The summed E-state index contributed by atoms with van der Waals surface area (Å²) in [4.78, 5) is 39.2. The molecule has 4 heterocycles. The minimum absolute atomic E-state index is 0.0298. The van der Waals surface area contributed by atoms with Gasteiger partial charge in [-0.15, -0.1) is 0 Å². The second-order valence-electron chi connectivity index (χ2n) is 15.7. The Kier molecular flexibility index (Phi) is 15.6. The van der Waals surface area contributed by atoms with Crippen molar-refractivity contribution in [3.8, 4) is 0 Å². The van der Waals surface area contributed by atoms with Crippen LogP contribution in [0.4, 0.5) is 0 Å². The quantitative estimate of drug-likeness (QED) is 0.0722. The highest BCUT2D eigenvalue weighted by atomic mass is 16.7. The Morgan fingerprint density at radius 2 is 1.67 bits per heavy atom. The van der Waals surface area contributed by atoms with Gasteiger partial charge >= 0.3 is 17.9 Å². The number of esters is 3. The van der Waals surface area contributed by atoms with Crippen LogP contribution in [0.1, 0.15) is 97.8 Å². The highest BCUT2D eigenvalue weighted by Crippen LogP contribution is 2.47. The van der Waals surface area contributed by atoms with Crippen LogP contribution in [0.2, 0.25) is 0 Å². The Hall–Kier alpha value is -3.39. The van der Waals surface area contributed by atoms with E-state index in [-0.39, 0.29) is 56.0 Å². The number of allylic oxidation sites excluding steroid dienone is 3. The van der Waals surface area contributed by atoms with Crippen LogP contribution in [0.25, 0.3) is 0 Å². The summed E-state index contributed by atoms with van der Waals surface area (Å²) in [5.41, 5.74) is 0.923. The number of hydrogen-bond acceptors (Lipinski definition) is 12. The lowest BCUT2D eigenvalue weighted by atomic mass is 9.74. The van der Waals surface area contributed by atoms with Gasteiger partial charge in [-0.25, -0.2) is 4.79 Å². The first-order chi connectivity index (χ1) is 25.5. The normalized spacial score (nSPS) is 35.8. The fraction of sp³-hybridized carbons (Fsp3) is 0.643. The number of fused-ring (bicyclic) bond motifs is 6. The first-order valence-corrected chi connectivity index (χ1v) is 19.1. The van der Waals surface area contributed by atoms with Gasteiger partial charge in [-0.05, 0) is 57.4 Å². The number of cyclic esters (lactones) is 1. The van der Waals surface area contributed by atoms with Gasteiger partial charge in [-0.2, -0.15) is 0 Å². The van der Waals surface area contributed by atoms with Gasteiger partial charge in [-0.1, -0.05) is 75.1 Å². The van der Waals surface area contributed by atoms with E-state index in [1.165, 1.54) is 20.1 Å². The molecule has 0 saturated carbocycles. The molecule has 0 spiro atoms. The van der Waals surface area contributed by atoms with Crippen LogP contribution >= 0.6 is 0 Å². The summed E-state index contributed by atoms with van der Waals surface area (Å²) in [6, 6.07) is 0. The number of aliphatic hydroxyl groups excluding tert-OH is 2. The lowest BCUT2D eigenvalue weighted by molar-refractivity contribution is -0.327. The topological polar surface area (TPSA) is 167 Å². The first kappa shape index (κ1) is 43.3. The van der Waals surface area contributed by atoms with Crippen molar-refractivity contribution in [2.75, 3.05) is 7.11 Å². The maximum Gasteiger partial charge on any atom is 0.330 e. The fourth-order valence-electron chi connectivity index (χ4n) is 7.67. The van der Waals surface area contributed by atoms with E-state index in [0.717, 1.165) is 11.1 Å². The molecule has 12 heteroatoms. The van der Waals surface area contributed by atoms with Gasteiger partial charge in [0.25, 0.3) is 0 Å². The molecule has 0 aromatic heterocycles. The highest BCUT2D eigenvalue weighted by Gasteiger charge is 2.57. The van der Waals surface area contributed by atoms with Crippen molar-refractivity contribution in [1.29, 1.82) is 0 Å². The van der Waals surface area contributed by atoms with E-state index in [4.69, 9.17) is 28.4 Å². The predicted molar refractivity (Wildman–Crippen MR) is 201 cm³/mol. The Morgan fingerprint density at radius 3 is 2.33 bits per heavy atom. The first-order valence-electron chi connectivity index (χ1n) is 19.1. The van der Waals surface area contributed by atoms with Crippen molar-refractivity contribution in [2.45, 2.75) is 159 Å². The molecule has 4 rings (SSSR count). The molecule has 10 atom stereocenters. The molecule has 3 fully saturated rings. The molecular formula is C42H60O12. The second kappa shape index (κ2) is 19.5. The molecule has 4 aliphatic heterocycles. The van der Waals surface area contributed by atoms with Gasteiger partial charge in [-0.3, -0.25) is 9.59 Å².